The van der Waals surface area contributed by atoms with Gasteiger partial charge in [-0.1, -0.05) is 19.1 Å². The molecule has 0 N–H and O–H groups in total. The number of aldehydes is 1. The number of hydrogen-bond acceptors (Lipinski definition) is 1. The Kier molecular flexibility index (Phi) is 3.33. The Bertz CT molecular complexity index is 347. The first-order chi connectivity index (χ1) is 6.57. The number of rotatable bonds is 3. The van der Waals surface area contributed by atoms with Crippen LogP contribution >= 0.6 is 0 Å². The van der Waals surface area contributed by atoms with Crippen molar-refractivity contribution in [1.82, 2.24) is 0 Å². The minimum absolute atomic E-state index is 0.208. The van der Waals surface area contributed by atoms with Gasteiger partial charge in [-0.05, 0) is 24.0 Å². The van der Waals surface area contributed by atoms with Crippen molar-refractivity contribution in [2.24, 2.45) is 0 Å². The van der Waals surface area contributed by atoms with Crippen LogP contribution < -0.4 is 0 Å². The van der Waals surface area contributed by atoms with E-state index in [-0.39, 0.29) is 23.5 Å². The maximum atomic E-state index is 13.3. The largest absolute Gasteiger partial charge is 0.303 e. The van der Waals surface area contributed by atoms with Crippen molar-refractivity contribution in [1.29, 1.82) is 0 Å². The molecule has 0 spiro atoms. The molecule has 3 heteroatoms. The summed E-state index contributed by atoms with van der Waals surface area (Å²) in [5.41, 5.74) is 0.546. The highest BCUT2D eigenvalue weighted by Gasteiger charge is 2.15. The summed E-state index contributed by atoms with van der Waals surface area (Å²) in [6, 6.07) is 3.05. The quantitative estimate of drug-likeness (QED) is 0.682. The van der Waals surface area contributed by atoms with Gasteiger partial charge in [0.05, 0.1) is 0 Å². The van der Waals surface area contributed by atoms with E-state index in [4.69, 9.17) is 0 Å². The van der Waals surface area contributed by atoms with Crippen LogP contribution in [0.4, 0.5) is 8.78 Å². The molecule has 1 nitrogen and oxygen atoms in total. The van der Waals surface area contributed by atoms with Gasteiger partial charge in [0.25, 0.3) is 0 Å². The standard InChI is InChI=1S/C11H12F2O/c1-7(5-6-14)9-4-3-8(2)10(12)11(9)13/h3-4,6-7H,5H2,1-2H3. The van der Waals surface area contributed by atoms with E-state index < -0.39 is 11.6 Å². The van der Waals surface area contributed by atoms with Gasteiger partial charge in [0.15, 0.2) is 11.6 Å². The lowest BCUT2D eigenvalue weighted by molar-refractivity contribution is -0.108. The minimum atomic E-state index is -0.834. The third-order valence-corrected chi connectivity index (χ3v) is 2.29. The van der Waals surface area contributed by atoms with Crippen LogP contribution in [0, 0.1) is 18.6 Å². The third kappa shape index (κ3) is 1.97. The number of aryl methyl sites for hydroxylation is 1. The molecule has 0 radical (unpaired) electrons. The van der Waals surface area contributed by atoms with Crippen LogP contribution in [0.3, 0.4) is 0 Å². The third-order valence-electron chi connectivity index (χ3n) is 2.29. The minimum Gasteiger partial charge on any atom is -0.303 e. The molecule has 1 unspecified atom stereocenters. The molecular formula is C11H12F2O. The van der Waals surface area contributed by atoms with E-state index in [1.165, 1.54) is 19.1 Å². The van der Waals surface area contributed by atoms with Gasteiger partial charge in [-0.15, -0.1) is 0 Å². The summed E-state index contributed by atoms with van der Waals surface area (Å²) < 4.78 is 26.5. The van der Waals surface area contributed by atoms with Crippen LogP contribution in [0.1, 0.15) is 30.4 Å². The molecule has 0 aliphatic rings. The number of carbonyl (C=O) groups is 1. The highest BCUT2D eigenvalue weighted by Crippen LogP contribution is 2.24. The van der Waals surface area contributed by atoms with E-state index in [2.05, 4.69) is 0 Å². The molecule has 1 atom stereocenters. The lowest BCUT2D eigenvalue weighted by atomic mass is 9.96. The molecule has 0 aromatic heterocycles. The molecule has 0 amide bonds. The molecule has 0 aliphatic heterocycles. The number of halogens is 2. The normalized spacial score (nSPS) is 12.6. The Labute approximate surface area is 81.7 Å². The van der Waals surface area contributed by atoms with E-state index in [1.54, 1.807) is 6.92 Å². The number of carbonyl (C=O) groups excluding carboxylic acids is 1. The molecule has 0 aliphatic carbocycles. The summed E-state index contributed by atoms with van der Waals surface area (Å²) >= 11 is 0. The van der Waals surface area contributed by atoms with Crippen LogP contribution in [-0.2, 0) is 4.79 Å². The summed E-state index contributed by atoms with van der Waals surface area (Å²) in [5, 5.41) is 0. The Morgan fingerprint density at radius 2 is 2.00 bits per heavy atom. The number of hydrogen-bond donors (Lipinski definition) is 0. The average Bonchev–Trinajstić information content (AvgIpc) is 2.15. The molecule has 0 saturated carbocycles. The van der Waals surface area contributed by atoms with Gasteiger partial charge < -0.3 is 4.79 Å². The summed E-state index contributed by atoms with van der Waals surface area (Å²) in [4.78, 5) is 10.2. The highest BCUT2D eigenvalue weighted by atomic mass is 19.2. The lowest BCUT2D eigenvalue weighted by Gasteiger charge is -2.10. The van der Waals surface area contributed by atoms with E-state index in [1.807, 2.05) is 0 Å². The summed E-state index contributed by atoms with van der Waals surface area (Å²) in [5.74, 6) is -1.93. The lowest BCUT2D eigenvalue weighted by Crippen LogP contribution is -2.01. The average molecular weight is 198 g/mol. The fraction of sp³-hybridized carbons (Fsp3) is 0.364. The van der Waals surface area contributed by atoms with Gasteiger partial charge in [-0.25, -0.2) is 8.78 Å². The van der Waals surface area contributed by atoms with Crippen LogP contribution in [-0.4, -0.2) is 6.29 Å². The SMILES string of the molecule is Cc1ccc(C(C)CC=O)c(F)c1F. The predicted molar refractivity (Wildman–Crippen MR) is 50.2 cm³/mol. The fourth-order valence-corrected chi connectivity index (χ4v) is 1.31. The first-order valence-electron chi connectivity index (χ1n) is 4.46. The second kappa shape index (κ2) is 4.31. The summed E-state index contributed by atoms with van der Waals surface area (Å²) in [6.07, 6.45) is 0.918. The Morgan fingerprint density at radius 1 is 1.36 bits per heavy atom. The molecule has 0 saturated heterocycles. The zero-order chi connectivity index (χ0) is 10.7. The zero-order valence-corrected chi connectivity index (χ0v) is 8.18. The van der Waals surface area contributed by atoms with Crippen molar-refractivity contribution in [3.8, 4) is 0 Å². The molecule has 0 bridgehead atoms. The van der Waals surface area contributed by atoms with Gasteiger partial charge >= 0.3 is 0 Å². The highest BCUT2D eigenvalue weighted by molar-refractivity contribution is 5.51. The van der Waals surface area contributed by atoms with Gasteiger partial charge in [0, 0.05) is 6.42 Å². The topological polar surface area (TPSA) is 17.1 Å². The second-order valence-electron chi connectivity index (χ2n) is 3.40. The van der Waals surface area contributed by atoms with Gasteiger partial charge in [-0.2, -0.15) is 0 Å². The summed E-state index contributed by atoms with van der Waals surface area (Å²) in [6.45, 7) is 3.20. The van der Waals surface area contributed by atoms with Gasteiger partial charge in [0.1, 0.15) is 6.29 Å². The van der Waals surface area contributed by atoms with Crippen LogP contribution in [0.2, 0.25) is 0 Å². The molecule has 1 aromatic carbocycles. The molecule has 14 heavy (non-hydrogen) atoms. The van der Waals surface area contributed by atoms with Crippen molar-refractivity contribution >= 4 is 6.29 Å². The van der Waals surface area contributed by atoms with Gasteiger partial charge in [-0.3, -0.25) is 0 Å². The predicted octanol–water partition coefficient (Wildman–Crippen LogP) is 2.97. The smallest absolute Gasteiger partial charge is 0.162 e. The summed E-state index contributed by atoms with van der Waals surface area (Å²) in [7, 11) is 0. The fourth-order valence-electron chi connectivity index (χ4n) is 1.31. The first kappa shape index (κ1) is 10.8. The maximum Gasteiger partial charge on any atom is 0.162 e. The first-order valence-corrected chi connectivity index (χ1v) is 4.46. The molecular weight excluding hydrogens is 186 g/mol. The molecule has 1 aromatic rings. The monoisotopic (exact) mass is 198 g/mol. The Hall–Kier alpha value is -1.25. The van der Waals surface area contributed by atoms with E-state index >= 15 is 0 Å². The van der Waals surface area contributed by atoms with Crippen molar-refractivity contribution in [3.63, 3.8) is 0 Å². The Morgan fingerprint density at radius 3 is 2.57 bits per heavy atom. The molecule has 0 fully saturated rings. The van der Waals surface area contributed by atoms with E-state index in [0.29, 0.717) is 6.29 Å². The molecule has 1 rings (SSSR count). The number of benzene rings is 1. The van der Waals surface area contributed by atoms with Crippen LogP contribution in [0.25, 0.3) is 0 Å². The zero-order valence-electron chi connectivity index (χ0n) is 8.18. The van der Waals surface area contributed by atoms with E-state index in [9.17, 15) is 13.6 Å². The van der Waals surface area contributed by atoms with Crippen molar-refractivity contribution in [2.45, 2.75) is 26.2 Å². The van der Waals surface area contributed by atoms with Crippen molar-refractivity contribution in [2.75, 3.05) is 0 Å². The Balaban J connectivity index is 3.10. The maximum absolute atomic E-state index is 13.3. The van der Waals surface area contributed by atoms with Crippen molar-refractivity contribution in [3.05, 3.63) is 34.9 Å². The van der Waals surface area contributed by atoms with Crippen LogP contribution in [0.5, 0.6) is 0 Å². The molecule has 0 heterocycles. The second-order valence-corrected chi connectivity index (χ2v) is 3.40. The van der Waals surface area contributed by atoms with Crippen LogP contribution in [0.15, 0.2) is 12.1 Å². The van der Waals surface area contributed by atoms with E-state index in [0.717, 1.165) is 0 Å². The van der Waals surface area contributed by atoms with Crippen molar-refractivity contribution < 1.29 is 13.6 Å². The molecule has 76 valence electrons. The van der Waals surface area contributed by atoms with Gasteiger partial charge in [0.2, 0.25) is 0 Å².